The molecule has 0 aromatic heterocycles. The second-order valence-electron chi connectivity index (χ2n) is 3.69. The van der Waals surface area contributed by atoms with Crippen LogP contribution in [0.4, 0.5) is 13.2 Å². The fourth-order valence-electron chi connectivity index (χ4n) is 1.35. The van der Waals surface area contributed by atoms with E-state index in [0.29, 0.717) is 6.07 Å². The first-order valence-corrected chi connectivity index (χ1v) is 7.81. The lowest BCUT2D eigenvalue weighted by molar-refractivity contribution is -0.147. The van der Waals surface area contributed by atoms with Crippen molar-refractivity contribution >= 4 is 25.7 Å². The number of esters is 1. The molecule has 0 fully saturated rings. The molecule has 1 aromatic rings. The topological polar surface area (TPSA) is 69.7 Å². The molecule has 0 amide bonds. The van der Waals surface area contributed by atoms with Gasteiger partial charge in [-0.05, 0) is 25.1 Å². The zero-order chi connectivity index (χ0) is 16.3. The summed E-state index contributed by atoms with van der Waals surface area (Å²) in [5.74, 6) is -1.54. The van der Waals surface area contributed by atoms with E-state index in [2.05, 4.69) is 4.74 Å². The fraction of sp³-hybridized carbons (Fsp3) is 0.364. The number of ether oxygens (including phenoxy) is 2. The number of rotatable bonds is 5. The summed E-state index contributed by atoms with van der Waals surface area (Å²) < 4.78 is 69.9. The summed E-state index contributed by atoms with van der Waals surface area (Å²) in [6.07, 6.45) is -4.87. The minimum absolute atomic E-state index is 0.0533. The van der Waals surface area contributed by atoms with E-state index in [-0.39, 0.29) is 6.61 Å². The molecule has 0 saturated carbocycles. The third-order valence-electron chi connectivity index (χ3n) is 2.19. The van der Waals surface area contributed by atoms with Gasteiger partial charge in [0.2, 0.25) is 0 Å². The normalized spacial score (nSPS) is 12.0. The molecule has 1 aromatic carbocycles. The maximum atomic E-state index is 12.9. The Balaban J connectivity index is 3.12. The third-order valence-corrected chi connectivity index (χ3v) is 3.54. The molecule has 118 valence electrons. The van der Waals surface area contributed by atoms with Gasteiger partial charge in [0.15, 0.2) is 6.61 Å². The van der Waals surface area contributed by atoms with E-state index in [0.717, 1.165) is 12.1 Å². The summed E-state index contributed by atoms with van der Waals surface area (Å²) in [5.41, 5.74) is -1.35. The van der Waals surface area contributed by atoms with E-state index in [1.54, 1.807) is 0 Å². The molecular weight excluding hydrogens is 337 g/mol. The van der Waals surface area contributed by atoms with Crippen molar-refractivity contribution in [1.82, 2.24) is 0 Å². The van der Waals surface area contributed by atoms with Gasteiger partial charge in [0.05, 0.1) is 17.1 Å². The van der Waals surface area contributed by atoms with Crippen LogP contribution >= 0.6 is 10.7 Å². The Morgan fingerprint density at radius 2 is 1.95 bits per heavy atom. The van der Waals surface area contributed by atoms with Crippen molar-refractivity contribution in [2.75, 3.05) is 13.2 Å². The zero-order valence-corrected chi connectivity index (χ0v) is 12.2. The van der Waals surface area contributed by atoms with E-state index in [1.165, 1.54) is 6.92 Å². The van der Waals surface area contributed by atoms with Crippen LogP contribution in [0.25, 0.3) is 0 Å². The minimum Gasteiger partial charge on any atom is -0.481 e. The van der Waals surface area contributed by atoms with Crippen LogP contribution in [0.3, 0.4) is 0 Å². The van der Waals surface area contributed by atoms with Crippen molar-refractivity contribution in [3.63, 3.8) is 0 Å². The molecule has 0 atom stereocenters. The standard InChI is InChI=1S/C11H10ClF3O5S/c1-2-19-10(16)6-20-9-4-3-7(21(12,17)18)5-8(9)11(13,14)15/h3-5H,2,6H2,1H3. The molecule has 0 bridgehead atoms. The molecule has 5 nitrogen and oxygen atoms in total. The molecule has 0 aliphatic carbocycles. The minimum atomic E-state index is -4.87. The van der Waals surface area contributed by atoms with Crippen LogP contribution in [-0.2, 0) is 24.8 Å². The molecule has 1 rings (SSSR count). The molecule has 0 spiro atoms. The van der Waals surface area contributed by atoms with Gasteiger partial charge in [0.25, 0.3) is 9.05 Å². The van der Waals surface area contributed by atoms with Crippen LogP contribution in [0.5, 0.6) is 5.75 Å². The molecule has 0 aliphatic heterocycles. The van der Waals surface area contributed by atoms with Crippen LogP contribution in [0.15, 0.2) is 23.1 Å². The van der Waals surface area contributed by atoms with Crippen LogP contribution in [0.2, 0.25) is 0 Å². The monoisotopic (exact) mass is 346 g/mol. The van der Waals surface area contributed by atoms with Crippen molar-refractivity contribution in [1.29, 1.82) is 0 Å². The average molecular weight is 347 g/mol. The average Bonchev–Trinajstić information content (AvgIpc) is 2.34. The van der Waals surface area contributed by atoms with Gasteiger partial charge in [-0.2, -0.15) is 13.2 Å². The second kappa shape index (κ2) is 6.52. The predicted octanol–water partition coefficient (Wildman–Crippen LogP) is 2.57. The first-order valence-electron chi connectivity index (χ1n) is 5.50. The first kappa shape index (κ1) is 17.6. The quantitative estimate of drug-likeness (QED) is 0.605. The summed E-state index contributed by atoms with van der Waals surface area (Å²) in [5, 5.41) is 0. The number of hydrogen-bond donors (Lipinski definition) is 0. The summed E-state index contributed by atoms with van der Waals surface area (Å²) in [7, 11) is 0.674. The van der Waals surface area contributed by atoms with Gasteiger partial charge in [-0.25, -0.2) is 13.2 Å². The molecule has 0 heterocycles. The van der Waals surface area contributed by atoms with E-state index in [9.17, 15) is 26.4 Å². The van der Waals surface area contributed by atoms with Gasteiger partial charge in [-0.3, -0.25) is 0 Å². The highest BCUT2D eigenvalue weighted by atomic mass is 35.7. The van der Waals surface area contributed by atoms with Crippen molar-refractivity contribution in [2.24, 2.45) is 0 Å². The first-order chi connectivity index (χ1) is 9.55. The van der Waals surface area contributed by atoms with Crippen molar-refractivity contribution in [3.8, 4) is 5.75 Å². The highest BCUT2D eigenvalue weighted by molar-refractivity contribution is 8.13. The summed E-state index contributed by atoms with van der Waals surface area (Å²) in [6.45, 7) is 0.848. The lowest BCUT2D eigenvalue weighted by Gasteiger charge is -2.14. The van der Waals surface area contributed by atoms with Crippen molar-refractivity contribution in [3.05, 3.63) is 23.8 Å². The molecule has 0 radical (unpaired) electrons. The molecule has 10 heteroatoms. The summed E-state index contributed by atoms with van der Waals surface area (Å²) >= 11 is 0. The van der Waals surface area contributed by atoms with Crippen LogP contribution < -0.4 is 4.74 Å². The van der Waals surface area contributed by atoms with Crippen molar-refractivity contribution in [2.45, 2.75) is 18.0 Å². The van der Waals surface area contributed by atoms with Gasteiger partial charge >= 0.3 is 12.1 Å². The smallest absolute Gasteiger partial charge is 0.420 e. The van der Waals surface area contributed by atoms with E-state index in [4.69, 9.17) is 15.4 Å². The SMILES string of the molecule is CCOC(=O)COc1ccc(S(=O)(=O)Cl)cc1C(F)(F)F. The third kappa shape index (κ3) is 5.09. The van der Waals surface area contributed by atoms with Gasteiger partial charge in [-0.1, -0.05) is 0 Å². The van der Waals surface area contributed by atoms with Crippen LogP contribution in [0, 0.1) is 0 Å². The highest BCUT2D eigenvalue weighted by Gasteiger charge is 2.35. The Bertz CT molecular complexity index is 627. The van der Waals surface area contributed by atoms with Crippen LogP contribution in [-0.4, -0.2) is 27.6 Å². The Morgan fingerprint density at radius 1 is 1.33 bits per heavy atom. The maximum Gasteiger partial charge on any atom is 0.420 e. The molecule has 21 heavy (non-hydrogen) atoms. The van der Waals surface area contributed by atoms with E-state index >= 15 is 0 Å². The van der Waals surface area contributed by atoms with E-state index < -0.39 is 44.0 Å². The Labute approximate surface area is 123 Å². The Hall–Kier alpha value is -1.48. The lowest BCUT2D eigenvalue weighted by Crippen LogP contribution is -2.17. The predicted molar refractivity (Wildman–Crippen MR) is 66.6 cm³/mol. The molecule has 0 aliphatic rings. The van der Waals surface area contributed by atoms with Gasteiger partial charge in [0.1, 0.15) is 5.75 Å². The largest absolute Gasteiger partial charge is 0.481 e. The summed E-state index contributed by atoms with van der Waals surface area (Å²) in [6, 6.07) is 1.96. The molecular formula is C11H10ClF3O5S. The summed E-state index contributed by atoms with van der Waals surface area (Å²) in [4.78, 5) is 10.3. The zero-order valence-electron chi connectivity index (χ0n) is 10.6. The number of alkyl halides is 3. The maximum absolute atomic E-state index is 12.9. The van der Waals surface area contributed by atoms with Gasteiger partial charge in [-0.15, -0.1) is 0 Å². The van der Waals surface area contributed by atoms with Crippen molar-refractivity contribution < 1.29 is 35.9 Å². The van der Waals surface area contributed by atoms with Crippen LogP contribution in [0.1, 0.15) is 12.5 Å². The number of benzene rings is 1. The Kier molecular flexibility index (Phi) is 5.46. The van der Waals surface area contributed by atoms with Gasteiger partial charge in [0, 0.05) is 10.7 Å². The lowest BCUT2D eigenvalue weighted by atomic mass is 10.2. The van der Waals surface area contributed by atoms with Gasteiger partial charge < -0.3 is 9.47 Å². The van der Waals surface area contributed by atoms with E-state index in [1.807, 2.05) is 0 Å². The number of carbonyl (C=O) groups excluding carboxylic acids is 1. The number of hydrogen-bond acceptors (Lipinski definition) is 5. The Morgan fingerprint density at radius 3 is 2.43 bits per heavy atom. The number of carbonyl (C=O) groups is 1. The molecule has 0 saturated heterocycles. The number of halogens is 4. The second-order valence-corrected chi connectivity index (χ2v) is 6.25. The molecule has 0 N–H and O–H groups in total. The highest BCUT2D eigenvalue weighted by Crippen LogP contribution is 2.38. The fourth-order valence-corrected chi connectivity index (χ4v) is 2.12. The molecule has 0 unspecified atom stereocenters.